The van der Waals surface area contributed by atoms with Gasteiger partial charge < -0.3 is 9.47 Å². The van der Waals surface area contributed by atoms with Crippen LogP contribution in [0.5, 0.6) is 5.75 Å². The van der Waals surface area contributed by atoms with E-state index in [1.807, 2.05) is 36.4 Å². The zero-order valence-corrected chi connectivity index (χ0v) is 12.7. The van der Waals surface area contributed by atoms with E-state index >= 15 is 0 Å². The summed E-state index contributed by atoms with van der Waals surface area (Å²) in [5.74, 6) is 6.49. The standard InChI is InChI=1S/C14H17ClN2O2S/c1-18-8-9-19-11-5-3-2-4-10(11)14(17-16)12-6-7-13(15)20-12/h2-7,14,17H,8-9,16H2,1H3. The molecule has 0 radical (unpaired) electrons. The van der Waals surface area contributed by atoms with Crippen LogP contribution in [0.25, 0.3) is 0 Å². The molecule has 1 atom stereocenters. The van der Waals surface area contributed by atoms with Gasteiger partial charge in [0.25, 0.3) is 0 Å². The maximum atomic E-state index is 5.99. The third-order valence-corrected chi connectivity index (χ3v) is 4.12. The molecule has 2 rings (SSSR count). The molecule has 108 valence electrons. The average molecular weight is 313 g/mol. The molecule has 2 aromatic rings. The van der Waals surface area contributed by atoms with Crippen LogP contribution >= 0.6 is 22.9 Å². The molecule has 0 saturated heterocycles. The van der Waals surface area contributed by atoms with Crippen LogP contribution < -0.4 is 16.0 Å². The molecule has 1 unspecified atom stereocenters. The minimum absolute atomic E-state index is 0.147. The van der Waals surface area contributed by atoms with Crippen molar-refractivity contribution in [3.8, 4) is 5.75 Å². The molecular formula is C14H17ClN2O2S. The van der Waals surface area contributed by atoms with E-state index in [1.54, 1.807) is 7.11 Å². The highest BCUT2D eigenvalue weighted by molar-refractivity contribution is 7.16. The van der Waals surface area contributed by atoms with Crippen LogP contribution in [0.15, 0.2) is 36.4 Å². The summed E-state index contributed by atoms with van der Waals surface area (Å²) in [5, 5.41) is 0. The SMILES string of the molecule is COCCOc1ccccc1C(NN)c1ccc(Cl)s1. The number of para-hydroxylation sites is 1. The Bertz CT molecular complexity index is 547. The van der Waals surface area contributed by atoms with Crippen LogP contribution in [0.4, 0.5) is 0 Å². The van der Waals surface area contributed by atoms with Gasteiger partial charge in [0.05, 0.1) is 17.0 Å². The van der Waals surface area contributed by atoms with Crippen LogP contribution in [-0.2, 0) is 4.74 Å². The Morgan fingerprint density at radius 3 is 2.70 bits per heavy atom. The van der Waals surface area contributed by atoms with E-state index in [-0.39, 0.29) is 6.04 Å². The molecule has 1 aromatic heterocycles. The highest BCUT2D eigenvalue weighted by Gasteiger charge is 2.18. The lowest BCUT2D eigenvalue weighted by Crippen LogP contribution is -2.28. The summed E-state index contributed by atoms with van der Waals surface area (Å²) in [4.78, 5) is 1.04. The van der Waals surface area contributed by atoms with E-state index in [0.29, 0.717) is 13.2 Å². The van der Waals surface area contributed by atoms with Gasteiger partial charge in [-0.2, -0.15) is 0 Å². The number of nitrogens with two attached hydrogens (primary N) is 1. The fraction of sp³-hybridized carbons (Fsp3) is 0.286. The van der Waals surface area contributed by atoms with Crippen LogP contribution in [0, 0.1) is 0 Å². The number of hydrazine groups is 1. The quantitative estimate of drug-likeness (QED) is 0.469. The Morgan fingerprint density at radius 2 is 2.05 bits per heavy atom. The molecule has 20 heavy (non-hydrogen) atoms. The summed E-state index contributed by atoms with van der Waals surface area (Å²) >= 11 is 7.49. The van der Waals surface area contributed by atoms with Gasteiger partial charge in [-0.15, -0.1) is 11.3 Å². The van der Waals surface area contributed by atoms with Crippen molar-refractivity contribution in [1.82, 2.24) is 5.43 Å². The number of hydrogen-bond acceptors (Lipinski definition) is 5. The van der Waals surface area contributed by atoms with E-state index in [1.165, 1.54) is 11.3 Å². The Labute approximate surface area is 127 Å². The van der Waals surface area contributed by atoms with Gasteiger partial charge >= 0.3 is 0 Å². The average Bonchev–Trinajstić information content (AvgIpc) is 2.88. The molecule has 3 N–H and O–H groups in total. The number of halogens is 1. The van der Waals surface area contributed by atoms with Crippen molar-refractivity contribution in [2.75, 3.05) is 20.3 Å². The summed E-state index contributed by atoms with van der Waals surface area (Å²) in [7, 11) is 1.65. The van der Waals surface area contributed by atoms with E-state index in [9.17, 15) is 0 Å². The van der Waals surface area contributed by atoms with Crippen molar-refractivity contribution in [3.63, 3.8) is 0 Å². The largest absolute Gasteiger partial charge is 0.491 e. The van der Waals surface area contributed by atoms with Crippen molar-refractivity contribution >= 4 is 22.9 Å². The highest BCUT2D eigenvalue weighted by atomic mass is 35.5. The van der Waals surface area contributed by atoms with E-state index in [0.717, 1.165) is 20.5 Å². The maximum Gasteiger partial charge on any atom is 0.124 e. The minimum atomic E-state index is -0.147. The number of nitrogens with one attached hydrogen (secondary N) is 1. The van der Waals surface area contributed by atoms with Crippen LogP contribution in [-0.4, -0.2) is 20.3 Å². The fourth-order valence-electron chi connectivity index (χ4n) is 1.89. The van der Waals surface area contributed by atoms with Gasteiger partial charge in [-0.1, -0.05) is 29.8 Å². The molecule has 1 aromatic carbocycles. The van der Waals surface area contributed by atoms with E-state index in [4.69, 9.17) is 26.9 Å². The van der Waals surface area contributed by atoms with Crippen LogP contribution in [0.3, 0.4) is 0 Å². The van der Waals surface area contributed by atoms with Crippen molar-refractivity contribution in [2.45, 2.75) is 6.04 Å². The van der Waals surface area contributed by atoms with Gasteiger partial charge in [0, 0.05) is 17.6 Å². The first kappa shape index (κ1) is 15.3. The van der Waals surface area contributed by atoms with Gasteiger partial charge in [0.1, 0.15) is 12.4 Å². The first-order chi connectivity index (χ1) is 9.76. The normalized spacial score (nSPS) is 12.3. The predicted octanol–water partition coefficient (Wildman–Crippen LogP) is 2.98. The monoisotopic (exact) mass is 312 g/mol. The van der Waals surface area contributed by atoms with Crippen LogP contribution in [0.1, 0.15) is 16.5 Å². The zero-order valence-electron chi connectivity index (χ0n) is 11.1. The molecule has 0 aliphatic rings. The molecule has 0 fully saturated rings. The van der Waals surface area contributed by atoms with Gasteiger partial charge in [-0.25, -0.2) is 5.43 Å². The van der Waals surface area contributed by atoms with Gasteiger partial charge in [-0.05, 0) is 18.2 Å². The Hall–Kier alpha value is -1.11. The molecule has 0 aliphatic heterocycles. The highest BCUT2D eigenvalue weighted by Crippen LogP contribution is 2.34. The summed E-state index contributed by atoms with van der Waals surface area (Å²) < 4.78 is 11.5. The second-order valence-electron chi connectivity index (χ2n) is 4.12. The fourth-order valence-corrected chi connectivity index (χ4v) is 3.03. The second kappa shape index (κ2) is 7.61. The smallest absolute Gasteiger partial charge is 0.124 e. The lowest BCUT2D eigenvalue weighted by molar-refractivity contribution is 0.145. The Balaban J connectivity index is 2.25. The lowest BCUT2D eigenvalue weighted by Gasteiger charge is -2.18. The molecule has 1 heterocycles. The summed E-state index contributed by atoms with van der Waals surface area (Å²) in [6.45, 7) is 1.04. The molecule has 0 aliphatic carbocycles. The lowest BCUT2D eigenvalue weighted by atomic mass is 10.0. The molecule has 6 heteroatoms. The van der Waals surface area contributed by atoms with Gasteiger partial charge in [-0.3, -0.25) is 5.84 Å². The summed E-state index contributed by atoms with van der Waals surface area (Å²) in [5.41, 5.74) is 3.80. The molecule has 4 nitrogen and oxygen atoms in total. The van der Waals surface area contributed by atoms with E-state index < -0.39 is 0 Å². The number of rotatable bonds is 7. The molecule has 0 bridgehead atoms. The summed E-state index contributed by atoms with van der Waals surface area (Å²) in [6.07, 6.45) is 0. The molecule has 0 saturated carbocycles. The zero-order chi connectivity index (χ0) is 14.4. The number of methoxy groups -OCH3 is 1. The number of ether oxygens (including phenoxy) is 2. The Morgan fingerprint density at radius 1 is 1.25 bits per heavy atom. The van der Waals surface area contributed by atoms with Crippen LogP contribution in [0.2, 0.25) is 4.34 Å². The third-order valence-electron chi connectivity index (χ3n) is 2.82. The molecule has 0 spiro atoms. The first-order valence-electron chi connectivity index (χ1n) is 6.18. The van der Waals surface area contributed by atoms with Gasteiger partial charge in [0.15, 0.2) is 0 Å². The third kappa shape index (κ3) is 3.71. The number of benzene rings is 1. The number of thiophene rings is 1. The predicted molar refractivity (Wildman–Crippen MR) is 82.3 cm³/mol. The number of hydrogen-bond donors (Lipinski definition) is 2. The van der Waals surface area contributed by atoms with Crippen molar-refractivity contribution in [1.29, 1.82) is 0 Å². The van der Waals surface area contributed by atoms with Crippen molar-refractivity contribution < 1.29 is 9.47 Å². The topological polar surface area (TPSA) is 56.5 Å². The minimum Gasteiger partial charge on any atom is -0.491 e. The maximum absolute atomic E-state index is 5.99. The molecular weight excluding hydrogens is 296 g/mol. The first-order valence-corrected chi connectivity index (χ1v) is 7.37. The van der Waals surface area contributed by atoms with E-state index in [2.05, 4.69) is 5.43 Å². The van der Waals surface area contributed by atoms with Gasteiger partial charge in [0.2, 0.25) is 0 Å². The Kier molecular flexibility index (Phi) is 5.82. The van der Waals surface area contributed by atoms with Crippen molar-refractivity contribution in [2.24, 2.45) is 5.84 Å². The summed E-state index contributed by atoms with van der Waals surface area (Å²) in [6, 6.07) is 11.5. The molecule has 0 amide bonds. The second-order valence-corrected chi connectivity index (χ2v) is 5.87. The van der Waals surface area contributed by atoms with Crippen molar-refractivity contribution in [3.05, 3.63) is 51.2 Å².